The summed E-state index contributed by atoms with van der Waals surface area (Å²) in [5.41, 5.74) is 2.07. The number of anilines is 1. The monoisotopic (exact) mass is 459 g/mol. The summed E-state index contributed by atoms with van der Waals surface area (Å²) in [5.74, 6) is 0.0382. The van der Waals surface area contributed by atoms with Crippen molar-refractivity contribution >= 4 is 44.4 Å². The van der Waals surface area contributed by atoms with Gasteiger partial charge in [0.2, 0.25) is 5.91 Å². The smallest absolute Gasteiger partial charge is 0.239 e. The molecule has 4 rings (SSSR count). The van der Waals surface area contributed by atoms with E-state index >= 15 is 0 Å². The number of benzene rings is 2. The number of carbonyl (C=O) groups is 1. The Bertz CT molecular complexity index is 1020. The van der Waals surface area contributed by atoms with Crippen LogP contribution in [0.15, 0.2) is 47.4 Å². The number of aryl methyl sites for hydroxylation is 1. The molecule has 0 bridgehead atoms. The lowest BCUT2D eigenvalue weighted by Crippen LogP contribution is -2.39. The van der Waals surface area contributed by atoms with Gasteiger partial charge in [0, 0.05) is 31.1 Å². The van der Waals surface area contributed by atoms with E-state index in [2.05, 4.69) is 4.90 Å². The minimum atomic E-state index is -0.273. The van der Waals surface area contributed by atoms with Gasteiger partial charge in [-0.2, -0.15) is 0 Å². The summed E-state index contributed by atoms with van der Waals surface area (Å²) in [6.45, 7) is 7.02. The van der Waals surface area contributed by atoms with E-state index < -0.39 is 0 Å². The molecule has 0 unspecified atom stereocenters. The molecule has 5 nitrogen and oxygen atoms in total. The van der Waals surface area contributed by atoms with E-state index in [1.807, 2.05) is 30.0 Å². The zero-order valence-corrected chi connectivity index (χ0v) is 19.2. The maximum atomic E-state index is 13.2. The quantitative estimate of drug-likeness (QED) is 0.461. The second kappa shape index (κ2) is 10.5. The van der Waals surface area contributed by atoms with E-state index in [-0.39, 0.29) is 17.5 Å². The number of carbonyl (C=O) groups excluding carboxylic acids is 1. The Morgan fingerprint density at radius 2 is 2.00 bits per heavy atom. The van der Waals surface area contributed by atoms with Crippen molar-refractivity contribution in [3.63, 3.8) is 0 Å². The van der Waals surface area contributed by atoms with Gasteiger partial charge in [0.15, 0.2) is 5.13 Å². The number of ether oxygens (including phenoxy) is 1. The normalized spacial score (nSPS) is 14.8. The Hall–Kier alpha value is -2.00. The summed E-state index contributed by atoms with van der Waals surface area (Å²) in [4.78, 5) is 23.1. The van der Waals surface area contributed by atoms with Gasteiger partial charge in [0.25, 0.3) is 0 Å². The van der Waals surface area contributed by atoms with Crippen molar-refractivity contribution in [2.45, 2.75) is 18.2 Å². The van der Waals surface area contributed by atoms with Crippen molar-refractivity contribution in [2.24, 2.45) is 0 Å². The molecule has 0 saturated carbocycles. The maximum absolute atomic E-state index is 13.2. The van der Waals surface area contributed by atoms with Gasteiger partial charge in [-0.05, 0) is 49.2 Å². The Kier molecular flexibility index (Phi) is 7.55. The molecule has 2 aromatic carbocycles. The highest BCUT2D eigenvalue weighted by atomic mass is 32.2. The molecule has 0 radical (unpaired) electrons. The molecule has 1 saturated heterocycles. The van der Waals surface area contributed by atoms with Gasteiger partial charge < -0.3 is 4.74 Å². The van der Waals surface area contributed by atoms with Crippen LogP contribution in [0.2, 0.25) is 0 Å². The fourth-order valence-corrected chi connectivity index (χ4v) is 5.41. The minimum absolute atomic E-state index is 0.0213. The average Bonchev–Trinajstić information content (AvgIpc) is 3.22. The molecule has 0 N–H and O–H groups in total. The summed E-state index contributed by atoms with van der Waals surface area (Å²) in [7, 11) is 0. The molecule has 2 heterocycles. The van der Waals surface area contributed by atoms with Crippen molar-refractivity contribution < 1.29 is 13.9 Å². The number of morpholine rings is 1. The van der Waals surface area contributed by atoms with Gasteiger partial charge in [-0.3, -0.25) is 14.6 Å². The second-order valence-corrected chi connectivity index (χ2v) is 9.57. The number of thioether (sulfide) groups is 1. The number of nitrogens with zero attached hydrogens (tertiary/aromatic N) is 3. The van der Waals surface area contributed by atoms with Gasteiger partial charge in [-0.15, -0.1) is 11.8 Å². The van der Waals surface area contributed by atoms with Crippen LogP contribution in [-0.2, 0) is 9.53 Å². The molecule has 1 amide bonds. The van der Waals surface area contributed by atoms with Crippen molar-refractivity contribution in [1.82, 2.24) is 9.88 Å². The summed E-state index contributed by atoms with van der Waals surface area (Å²) in [6.07, 6.45) is 0.877. The van der Waals surface area contributed by atoms with Gasteiger partial charge in [-0.25, -0.2) is 9.37 Å². The van der Waals surface area contributed by atoms with Crippen molar-refractivity contribution in [2.75, 3.05) is 50.0 Å². The van der Waals surface area contributed by atoms with Crippen LogP contribution in [0.25, 0.3) is 10.2 Å². The topological polar surface area (TPSA) is 45.7 Å². The van der Waals surface area contributed by atoms with Gasteiger partial charge in [0.1, 0.15) is 5.82 Å². The predicted octanol–water partition coefficient (Wildman–Crippen LogP) is 4.59. The highest BCUT2D eigenvalue weighted by molar-refractivity contribution is 8.00. The number of halogens is 1. The first-order valence-corrected chi connectivity index (χ1v) is 12.3. The molecule has 1 aliphatic rings. The molecule has 1 fully saturated rings. The van der Waals surface area contributed by atoms with Crippen LogP contribution < -0.4 is 4.90 Å². The standard InChI is InChI=1S/C23H26FN3O2S2/c1-17-4-2-5-20-22(17)25-23(31-20)27(11-3-10-26-12-14-29-15-13-26)21(28)16-30-19-8-6-18(24)7-9-19/h2,4-9H,3,10-16H2,1H3. The van der Waals surface area contributed by atoms with Crippen LogP contribution in [0.5, 0.6) is 0 Å². The second-order valence-electron chi connectivity index (χ2n) is 7.51. The molecule has 31 heavy (non-hydrogen) atoms. The van der Waals surface area contributed by atoms with Crippen LogP contribution in [0.1, 0.15) is 12.0 Å². The van der Waals surface area contributed by atoms with Crippen molar-refractivity contribution in [3.05, 3.63) is 53.8 Å². The zero-order chi connectivity index (χ0) is 21.6. The zero-order valence-electron chi connectivity index (χ0n) is 17.6. The number of fused-ring (bicyclic) bond motifs is 1. The van der Waals surface area contributed by atoms with E-state index in [1.165, 1.54) is 23.9 Å². The van der Waals surface area contributed by atoms with E-state index in [0.29, 0.717) is 6.54 Å². The Morgan fingerprint density at radius 1 is 1.23 bits per heavy atom. The highest BCUT2D eigenvalue weighted by Crippen LogP contribution is 2.31. The van der Waals surface area contributed by atoms with Gasteiger partial charge >= 0.3 is 0 Å². The third kappa shape index (κ3) is 5.83. The average molecular weight is 460 g/mol. The predicted molar refractivity (Wildman–Crippen MR) is 126 cm³/mol. The molecular weight excluding hydrogens is 433 g/mol. The van der Waals surface area contributed by atoms with E-state index in [0.717, 1.165) is 65.1 Å². The Balaban J connectivity index is 1.47. The first-order valence-electron chi connectivity index (χ1n) is 10.4. The summed E-state index contributed by atoms with van der Waals surface area (Å²) in [5, 5.41) is 0.746. The Labute approximate surface area is 190 Å². The summed E-state index contributed by atoms with van der Waals surface area (Å²) in [6, 6.07) is 12.4. The molecule has 3 aromatic rings. The molecule has 0 spiro atoms. The van der Waals surface area contributed by atoms with E-state index in [1.54, 1.807) is 23.5 Å². The molecular formula is C23H26FN3O2S2. The summed E-state index contributed by atoms with van der Waals surface area (Å²) >= 11 is 2.98. The van der Waals surface area contributed by atoms with Gasteiger partial charge in [0.05, 0.1) is 29.2 Å². The lowest BCUT2D eigenvalue weighted by atomic mass is 10.2. The Morgan fingerprint density at radius 3 is 2.74 bits per heavy atom. The third-order valence-corrected chi connectivity index (χ3v) is 7.32. The lowest BCUT2D eigenvalue weighted by Gasteiger charge is -2.27. The number of hydrogen-bond acceptors (Lipinski definition) is 6. The fourth-order valence-electron chi connectivity index (χ4n) is 3.55. The molecule has 0 aliphatic carbocycles. The SMILES string of the molecule is Cc1cccc2sc(N(CCCN3CCOCC3)C(=O)CSc3ccc(F)cc3)nc12. The number of amides is 1. The molecule has 0 atom stereocenters. The minimum Gasteiger partial charge on any atom is -0.379 e. The number of para-hydroxylation sites is 1. The molecule has 164 valence electrons. The van der Waals surface area contributed by atoms with E-state index in [4.69, 9.17) is 9.72 Å². The number of rotatable bonds is 8. The third-order valence-electron chi connectivity index (χ3n) is 5.28. The maximum Gasteiger partial charge on any atom is 0.239 e. The highest BCUT2D eigenvalue weighted by Gasteiger charge is 2.21. The molecule has 8 heteroatoms. The van der Waals surface area contributed by atoms with Crippen LogP contribution in [-0.4, -0.2) is 60.9 Å². The van der Waals surface area contributed by atoms with Gasteiger partial charge in [-0.1, -0.05) is 23.5 Å². The van der Waals surface area contributed by atoms with Crippen LogP contribution >= 0.6 is 23.1 Å². The first kappa shape index (κ1) is 22.2. The van der Waals surface area contributed by atoms with Crippen LogP contribution in [0.4, 0.5) is 9.52 Å². The van der Waals surface area contributed by atoms with Crippen molar-refractivity contribution in [3.8, 4) is 0 Å². The molecule has 1 aliphatic heterocycles. The van der Waals surface area contributed by atoms with Crippen LogP contribution in [0.3, 0.4) is 0 Å². The number of hydrogen-bond donors (Lipinski definition) is 0. The van der Waals surface area contributed by atoms with Crippen LogP contribution in [0, 0.1) is 12.7 Å². The summed E-state index contributed by atoms with van der Waals surface area (Å²) < 4.78 is 19.7. The number of aromatic nitrogens is 1. The van der Waals surface area contributed by atoms with E-state index in [9.17, 15) is 9.18 Å². The number of thiazole rings is 1. The van der Waals surface area contributed by atoms with Crippen molar-refractivity contribution in [1.29, 1.82) is 0 Å². The molecule has 1 aromatic heterocycles. The lowest BCUT2D eigenvalue weighted by molar-refractivity contribution is -0.116. The largest absolute Gasteiger partial charge is 0.379 e. The first-order chi connectivity index (χ1) is 15.1. The fraction of sp³-hybridized carbons (Fsp3) is 0.391.